The molecular formula is C24H23ClN4O3S2. The Morgan fingerprint density at radius 2 is 2.09 bits per heavy atom. The number of nitrogen functional groups attached to an aromatic ring is 1. The molecule has 0 bridgehead atoms. The molecule has 2 aromatic rings. The van der Waals surface area contributed by atoms with Crippen LogP contribution in [0.2, 0.25) is 5.02 Å². The Balaban J connectivity index is 1.44. The van der Waals surface area contributed by atoms with Gasteiger partial charge in [-0.2, -0.15) is 0 Å². The Morgan fingerprint density at radius 1 is 1.29 bits per heavy atom. The molecule has 0 spiro atoms. The summed E-state index contributed by atoms with van der Waals surface area (Å²) in [4.78, 5) is 21.5. The largest absolute Gasteiger partial charge is 0.384 e. The summed E-state index contributed by atoms with van der Waals surface area (Å²) in [7, 11) is -3.63. The van der Waals surface area contributed by atoms with Crippen LogP contribution >= 0.6 is 23.4 Å². The Kier molecular flexibility index (Phi) is 6.03. The Hall–Kier alpha value is -2.62. The van der Waals surface area contributed by atoms with E-state index in [4.69, 9.17) is 17.3 Å². The second-order valence-corrected chi connectivity index (χ2v) is 12.4. The molecule has 0 aromatic carbocycles. The third-order valence-corrected chi connectivity index (χ3v) is 9.93. The third-order valence-electron chi connectivity index (χ3n) is 6.03. The van der Waals surface area contributed by atoms with Crippen LogP contribution in [0.15, 0.2) is 65.2 Å². The van der Waals surface area contributed by atoms with Crippen LogP contribution in [0, 0.1) is 0 Å². The van der Waals surface area contributed by atoms with Crippen molar-refractivity contribution in [1.82, 2.24) is 9.97 Å². The van der Waals surface area contributed by atoms with Gasteiger partial charge in [-0.1, -0.05) is 29.8 Å². The number of pyridine rings is 2. The number of thioether (sulfide) groups is 1. The van der Waals surface area contributed by atoms with Gasteiger partial charge in [0.25, 0.3) is 0 Å². The van der Waals surface area contributed by atoms with Crippen LogP contribution < -0.4 is 10.0 Å². The molecule has 3 heterocycles. The molecule has 1 fully saturated rings. The van der Waals surface area contributed by atoms with E-state index in [0.717, 1.165) is 16.2 Å². The van der Waals surface area contributed by atoms with Gasteiger partial charge in [0.15, 0.2) is 11.6 Å². The van der Waals surface area contributed by atoms with Gasteiger partial charge < -0.3 is 5.73 Å². The minimum absolute atomic E-state index is 0.00969. The predicted molar refractivity (Wildman–Crippen MR) is 137 cm³/mol. The minimum atomic E-state index is -3.63. The summed E-state index contributed by atoms with van der Waals surface area (Å²) >= 11 is 7.97. The van der Waals surface area contributed by atoms with Crippen LogP contribution in [0.3, 0.4) is 0 Å². The molecule has 176 valence electrons. The molecule has 2 aromatic heterocycles. The van der Waals surface area contributed by atoms with E-state index in [-0.39, 0.29) is 40.2 Å². The smallest absolute Gasteiger partial charge is 0.239 e. The first-order chi connectivity index (χ1) is 16.2. The van der Waals surface area contributed by atoms with E-state index in [0.29, 0.717) is 18.4 Å². The van der Waals surface area contributed by atoms with Gasteiger partial charge in [-0.3, -0.25) is 9.78 Å². The van der Waals surface area contributed by atoms with Gasteiger partial charge in [0, 0.05) is 33.5 Å². The van der Waals surface area contributed by atoms with Crippen LogP contribution in [-0.2, 0) is 10.0 Å². The molecule has 1 saturated carbocycles. The number of hydrogen-bond donors (Lipinski definition) is 1. The highest BCUT2D eigenvalue weighted by Crippen LogP contribution is 2.47. The number of ketones is 1. The third kappa shape index (κ3) is 4.39. The fourth-order valence-corrected chi connectivity index (χ4v) is 7.65. The molecule has 7 nitrogen and oxygen atoms in total. The van der Waals surface area contributed by atoms with Crippen molar-refractivity contribution in [2.45, 2.75) is 36.2 Å². The number of halogens is 1. The molecule has 2 atom stereocenters. The summed E-state index contributed by atoms with van der Waals surface area (Å²) in [6.45, 7) is 1.66. The first-order valence-corrected chi connectivity index (χ1v) is 13.7. The van der Waals surface area contributed by atoms with Crippen molar-refractivity contribution in [2.24, 2.45) is 0 Å². The van der Waals surface area contributed by atoms with Gasteiger partial charge in [-0.25, -0.2) is 17.7 Å². The summed E-state index contributed by atoms with van der Waals surface area (Å²) < 4.78 is 28.0. The first kappa shape index (κ1) is 23.1. The second kappa shape index (κ2) is 8.87. The zero-order chi connectivity index (χ0) is 24.0. The summed E-state index contributed by atoms with van der Waals surface area (Å²) in [6, 6.07) is 6.67. The number of carbonyl (C=O) groups excluding carboxylic acids is 1. The summed E-state index contributed by atoms with van der Waals surface area (Å²) in [5.74, 6) is 0.315. The summed E-state index contributed by atoms with van der Waals surface area (Å²) in [6.07, 6.45) is 11.0. The van der Waals surface area contributed by atoms with Crippen LogP contribution in [-0.4, -0.2) is 41.2 Å². The number of sulfonamides is 1. The number of nitrogens with zero attached hydrogens (tertiary/aromatic N) is 3. The van der Waals surface area contributed by atoms with Gasteiger partial charge in [-0.05, 0) is 55.7 Å². The van der Waals surface area contributed by atoms with E-state index in [1.807, 2.05) is 24.3 Å². The molecule has 10 heteroatoms. The fourth-order valence-electron chi connectivity index (χ4n) is 4.12. The normalized spacial score (nSPS) is 21.6. The number of fused-ring (bicyclic) bond motifs is 1. The number of Topliss-reactive ketones (excluding diaryl/α,β-unsaturated/α-hetero) is 1. The molecule has 3 aliphatic rings. The number of anilines is 2. The van der Waals surface area contributed by atoms with E-state index in [1.165, 1.54) is 11.2 Å². The quantitative estimate of drug-likeness (QED) is 0.542. The van der Waals surface area contributed by atoms with Crippen molar-refractivity contribution in [3.05, 3.63) is 81.5 Å². The van der Waals surface area contributed by atoms with Crippen molar-refractivity contribution >= 4 is 50.8 Å². The number of allylic oxidation sites excluding steroid dienone is 4. The van der Waals surface area contributed by atoms with Crippen LogP contribution in [0.1, 0.15) is 41.7 Å². The van der Waals surface area contributed by atoms with Crippen molar-refractivity contribution in [3.8, 4) is 0 Å². The van der Waals surface area contributed by atoms with E-state index >= 15 is 0 Å². The molecule has 1 aliphatic heterocycles. The SMILES string of the molecule is CC(=O)c1ccnc(C2C=CC=C3C=C(CN(c4nc(N)ccc4Cl)S(=O)(=O)C4CC4)SC32)c1. The van der Waals surface area contributed by atoms with Crippen LogP contribution in [0.4, 0.5) is 11.6 Å². The Morgan fingerprint density at radius 3 is 2.82 bits per heavy atom. The molecule has 2 unspecified atom stereocenters. The lowest BCUT2D eigenvalue weighted by molar-refractivity contribution is 0.101. The van der Waals surface area contributed by atoms with Gasteiger partial charge in [0.2, 0.25) is 10.0 Å². The number of rotatable bonds is 7. The monoisotopic (exact) mass is 514 g/mol. The summed E-state index contributed by atoms with van der Waals surface area (Å²) in [5.41, 5.74) is 8.37. The minimum Gasteiger partial charge on any atom is -0.384 e. The maximum absolute atomic E-state index is 13.3. The predicted octanol–water partition coefficient (Wildman–Crippen LogP) is 4.49. The zero-order valence-electron chi connectivity index (χ0n) is 18.4. The van der Waals surface area contributed by atoms with E-state index in [1.54, 1.807) is 36.2 Å². The Bertz CT molecular complexity index is 1370. The highest BCUT2D eigenvalue weighted by Gasteiger charge is 2.43. The standard InChI is InChI=1S/C24H23ClN4O3S2/c1-14(30)15-9-10-27-21(12-15)19-4-2-3-16-11-17(33-23(16)19)13-29(34(31,32)18-5-6-18)24-20(25)7-8-22(26)28-24/h2-4,7-12,18-19,23H,5-6,13H2,1H3,(H2,26,28). The molecule has 5 rings (SSSR count). The van der Waals surface area contributed by atoms with Gasteiger partial charge in [0.05, 0.1) is 16.8 Å². The van der Waals surface area contributed by atoms with E-state index in [2.05, 4.69) is 16.0 Å². The van der Waals surface area contributed by atoms with Crippen LogP contribution in [0.25, 0.3) is 0 Å². The number of carbonyl (C=O) groups is 1. The topological polar surface area (TPSA) is 106 Å². The van der Waals surface area contributed by atoms with Gasteiger partial charge in [-0.15, -0.1) is 11.8 Å². The van der Waals surface area contributed by atoms with Gasteiger partial charge in [0.1, 0.15) is 5.82 Å². The highest BCUT2D eigenvalue weighted by molar-refractivity contribution is 8.04. The molecular weight excluding hydrogens is 492 g/mol. The summed E-state index contributed by atoms with van der Waals surface area (Å²) in [5, 5.41) is -0.152. The number of aromatic nitrogens is 2. The number of hydrogen-bond acceptors (Lipinski definition) is 7. The molecule has 0 radical (unpaired) electrons. The van der Waals surface area contributed by atoms with Crippen molar-refractivity contribution in [3.63, 3.8) is 0 Å². The lowest BCUT2D eigenvalue weighted by Crippen LogP contribution is -2.36. The average molecular weight is 515 g/mol. The van der Waals surface area contributed by atoms with Gasteiger partial charge >= 0.3 is 0 Å². The lowest BCUT2D eigenvalue weighted by atomic mass is 9.90. The molecule has 0 saturated heterocycles. The Labute approximate surface area is 207 Å². The maximum atomic E-state index is 13.3. The van der Waals surface area contributed by atoms with Crippen molar-refractivity contribution < 1.29 is 13.2 Å². The van der Waals surface area contributed by atoms with Crippen LogP contribution in [0.5, 0.6) is 0 Å². The first-order valence-electron chi connectivity index (χ1n) is 10.9. The maximum Gasteiger partial charge on any atom is 0.239 e. The molecule has 2 aliphatic carbocycles. The van der Waals surface area contributed by atoms with E-state index in [9.17, 15) is 13.2 Å². The zero-order valence-corrected chi connectivity index (χ0v) is 20.8. The van der Waals surface area contributed by atoms with Crippen molar-refractivity contribution in [1.29, 1.82) is 0 Å². The lowest BCUT2D eigenvalue weighted by Gasteiger charge is -2.26. The molecule has 34 heavy (non-hydrogen) atoms. The number of nitrogens with two attached hydrogens (primary N) is 1. The highest BCUT2D eigenvalue weighted by atomic mass is 35.5. The fraction of sp³-hybridized carbons (Fsp3) is 0.292. The van der Waals surface area contributed by atoms with Crippen molar-refractivity contribution in [2.75, 3.05) is 16.6 Å². The molecule has 0 amide bonds. The molecule has 2 N–H and O–H groups in total. The average Bonchev–Trinajstić information content (AvgIpc) is 3.59. The second-order valence-electron chi connectivity index (χ2n) is 8.54. The van der Waals surface area contributed by atoms with E-state index < -0.39 is 15.3 Å².